The molecule has 0 aromatic carbocycles. The fraction of sp³-hybridized carbons (Fsp3) is 0.800. The molecule has 0 amide bonds. The number of esters is 2. The maximum absolute atomic E-state index is 11.4. The highest BCUT2D eigenvalue weighted by Gasteiger charge is 2.34. The summed E-state index contributed by atoms with van der Waals surface area (Å²) in [6, 6.07) is 0. The largest absolute Gasteiger partial charge is 0.468 e. The predicted molar refractivity (Wildman–Crippen MR) is 55.2 cm³/mol. The number of hydrogen-bond donors (Lipinski definition) is 0. The van der Waals surface area contributed by atoms with Crippen LogP contribution in [0.5, 0.6) is 0 Å². The lowest BCUT2D eigenvalue weighted by atomic mass is 9.94. The van der Waals surface area contributed by atoms with Crippen LogP contribution in [-0.2, 0) is 19.1 Å². The Bertz CT molecular complexity index is 211. The number of methoxy groups -OCH3 is 2. The van der Waals surface area contributed by atoms with E-state index >= 15 is 0 Å². The monoisotopic (exact) mass is 217 g/mol. The van der Waals surface area contributed by atoms with Crippen molar-refractivity contribution in [3.63, 3.8) is 0 Å². The number of hydrogen-bond acceptors (Lipinski definition) is 5. The summed E-state index contributed by atoms with van der Waals surface area (Å²) >= 11 is 0. The summed E-state index contributed by atoms with van der Waals surface area (Å²) in [6.07, 6.45) is 0. The molecule has 0 saturated heterocycles. The van der Waals surface area contributed by atoms with E-state index in [0.29, 0.717) is 6.54 Å². The van der Waals surface area contributed by atoms with Gasteiger partial charge < -0.3 is 14.4 Å². The lowest BCUT2D eigenvalue weighted by molar-refractivity contribution is -0.161. The number of carbonyl (C=O) groups is 2. The van der Waals surface area contributed by atoms with Crippen LogP contribution in [0, 0.1) is 11.8 Å². The summed E-state index contributed by atoms with van der Waals surface area (Å²) in [6.45, 7) is 2.44. The van der Waals surface area contributed by atoms with Gasteiger partial charge in [0.15, 0.2) is 5.92 Å². The van der Waals surface area contributed by atoms with Crippen molar-refractivity contribution in [3.8, 4) is 0 Å². The van der Waals surface area contributed by atoms with E-state index in [9.17, 15) is 9.59 Å². The molecule has 15 heavy (non-hydrogen) atoms. The average Bonchev–Trinajstić information content (AvgIpc) is 2.16. The van der Waals surface area contributed by atoms with E-state index in [4.69, 9.17) is 0 Å². The molecule has 0 N–H and O–H groups in total. The van der Waals surface area contributed by atoms with Gasteiger partial charge in [0.2, 0.25) is 0 Å². The normalized spacial score (nSPS) is 12.7. The quantitative estimate of drug-likeness (QED) is 0.484. The molecule has 1 unspecified atom stereocenters. The van der Waals surface area contributed by atoms with Crippen LogP contribution in [0.15, 0.2) is 0 Å². The molecular weight excluding hydrogens is 198 g/mol. The summed E-state index contributed by atoms with van der Waals surface area (Å²) in [5.41, 5.74) is 0. The Balaban J connectivity index is 4.62. The average molecular weight is 217 g/mol. The van der Waals surface area contributed by atoms with E-state index in [1.165, 1.54) is 14.2 Å². The van der Waals surface area contributed by atoms with Gasteiger partial charge in [-0.3, -0.25) is 9.59 Å². The van der Waals surface area contributed by atoms with Crippen LogP contribution in [0.2, 0.25) is 0 Å². The first-order chi connectivity index (χ1) is 6.93. The zero-order valence-electron chi connectivity index (χ0n) is 9.94. The summed E-state index contributed by atoms with van der Waals surface area (Å²) in [7, 11) is 6.28. The number of rotatable bonds is 5. The van der Waals surface area contributed by atoms with E-state index in [0.717, 1.165) is 0 Å². The molecule has 0 spiro atoms. The van der Waals surface area contributed by atoms with Gasteiger partial charge in [-0.25, -0.2) is 0 Å². The van der Waals surface area contributed by atoms with Gasteiger partial charge in [-0.05, 0) is 20.0 Å². The topological polar surface area (TPSA) is 55.8 Å². The van der Waals surface area contributed by atoms with Gasteiger partial charge in [0, 0.05) is 6.54 Å². The van der Waals surface area contributed by atoms with Gasteiger partial charge in [-0.15, -0.1) is 0 Å². The molecular formula is C10H19NO4. The van der Waals surface area contributed by atoms with Crippen LogP contribution in [0.1, 0.15) is 6.92 Å². The van der Waals surface area contributed by atoms with Crippen molar-refractivity contribution >= 4 is 11.9 Å². The molecule has 0 saturated carbocycles. The Morgan fingerprint density at radius 2 is 1.53 bits per heavy atom. The van der Waals surface area contributed by atoms with Gasteiger partial charge in [0.05, 0.1) is 14.2 Å². The van der Waals surface area contributed by atoms with Gasteiger partial charge in [-0.1, -0.05) is 6.92 Å². The van der Waals surface area contributed by atoms with Crippen LogP contribution < -0.4 is 0 Å². The van der Waals surface area contributed by atoms with Crippen molar-refractivity contribution in [3.05, 3.63) is 0 Å². The van der Waals surface area contributed by atoms with Gasteiger partial charge in [0.25, 0.3) is 0 Å². The molecule has 0 aliphatic carbocycles. The van der Waals surface area contributed by atoms with Gasteiger partial charge >= 0.3 is 11.9 Å². The third-order valence-electron chi connectivity index (χ3n) is 2.13. The zero-order chi connectivity index (χ0) is 12.0. The van der Waals surface area contributed by atoms with Crippen LogP contribution in [0.25, 0.3) is 0 Å². The molecule has 0 aliphatic rings. The van der Waals surface area contributed by atoms with Gasteiger partial charge in [-0.2, -0.15) is 0 Å². The number of carbonyl (C=O) groups excluding carboxylic acids is 2. The number of ether oxygens (including phenoxy) is 2. The molecule has 0 aromatic rings. The molecule has 0 rings (SSSR count). The van der Waals surface area contributed by atoms with E-state index < -0.39 is 17.9 Å². The smallest absolute Gasteiger partial charge is 0.320 e. The highest BCUT2D eigenvalue weighted by molar-refractivity contribution is 5.95. The van der Waals surface area contributed by atoms with E-state index in [-0.39, 0.29) is 5.92 Å². The molecule has 0 radical (unpaired) electrons. The summed E-state index contributed by atoms with van der Waals surface area (Å²) in [5, 5.41) is 0. The molecule has 0 aromatic heterocycles. The molecule has 0 heterocycles. The highest BCUT2D eigenvalue weighted by Crippen LogP contribution is 2.15. The third kappa shape index (κ3) is 4.29. The predicted octanol–water partition coefficient (Wildman–Crippen LogP) is 0.146. The summed E-state index contributed by atoms with van der Waals surface area (Å²) < 4.78 is 9.16. The molecule has 0 aliphatic heterocycles. The highest BCUT2D eigenvalue weighted by atomic mass is 16.5. The van der Waals surface area contributed by atoms with Crippen molar-refractivity contribution in [2.45, 2.75) is 6.92 Å². The Labute approximate surface area is 90.3 Å². The van der Waals surface area contributed by atoms with E-state index in [1.54, 1.807) is 0 Å². The maximum Gasteiger partial charge on any atom is 0.320 e. The summed E-state index contributed by atoms with van der Waals surface area (Å²) in [4.78, 5) is 24.7. The Hall–Kier alpha value is -1.10. The lowest BCUT2D eigenvalue weighted by Gasteiger charge is -2.22. The fourth-order valence-corrected chi connectivity index (χ4v) is 1.50. The first kappa shape index (κ1) is 13.9. The van der Waals surface area contributed by atoms with Crippen molar-refractivity contribution in [2.75, 3.05) is 34.9 Å². The summed E-state index contributed by atoms with van der Waals surface area (Å²) in [5.74, 6) is -2.07. The molecule has 1 atom stereocenters. The maximum atomic E-state index is 11.4. The minimum Gasteiger partial charge on any atom is -0.468 e. The van der Waals surface area contributed by atoms with Crippen molar-refractivity contribution < 1.29 is 19.1 Å². The second kappa shape index (κ2) is 6.40. The second-order valence-electron chi connectivity index (χ2n) is 3.76. The van der Waals surface area contributed by atoms with Crippen molar-refractivity contribution in [1.29, 1.82) is 0 Å². The second-order valence-corrected chi connectivity index (χ2v) is 3.76. The molecule has 5 heteroatoms. The molecule has 0 bridgehead atoms. The Morgan fingerprint density at radius 3 is 1.80 bits per heavy atom. The molecule has 88 valence electrons. The minimum atomic E-state index is -0.845. The fourth-order valence-electron chi connectivity index (χ4n) is 1.50. The van der Waals surface area contributed by atoms with Crippen molar-refractivity contribution in [1.82, 2.24) is 4.90 Å². The first-order valence-electron chi connectivity index (χ1n) is 4.74. The lowest BCUT2D eigenvalue weighted by Crippen LogP contribution is -2.36. The third-order valence-corrected chi connectivity index (χ3v) is 2.13. The standard InChI is InChI=1S/C10H19NO4/c1-7(6-11(2)3)8(9(12)14-4)10(13)15-5/h7-8H,6H2,1-5H3. The van der Waals surface area contributed by atoms with Crippen LogP contribution in [0.4, 0.5) is 0 Å². The molecule has 0 fully saturated rings. The molecule has 5 nitrogen and oxygen atoms in total. The van der Waals surface area contributed by atoms with Crippen molar-refractivity contribution in [2.24, 2.45) is 11.8 Å². The minimum absolute atomic E-state index is 0.139. The van der Waals surface area contributed by atoms with E-state index in [2.05, 4.69) is 9.47 Å². The van der Waals surface area contributed by atoms with Crippen LogP contribution >= 0.6 is 0 Å². The zero-order valence-corrected chi connectivity index (χ0v) is 9.94. The van der Waals surface area contributed by atoms with E-state index in [1.807, 2.05) is 25.9 Å². The van der Waals surface area contributed by atoms with Crippen LogP contribution in [-0.4, -0.2) is 51.7 Å². The Kier molecular flexibility index (Phi) is 5.93. The SMILES string of the molecule is COC(=O)C(C(=O)OC)C(C)CN(C)C. The Morgan fingerprint density at radius 1 is 1.13 bits per heavy atom. The first-order valence-corrected chi connectivity index (χ1v) is 4.74. The number of nitrogens with zero attached hydrogens (tertiary/aromatic N) is 1. The van der Waals surface area contributed by atoms with Crippen LogP contribution in [0.3, 0.4) is 0 Å². The van der Waals surface area contributed by atoms with Gasteiger partial charge in [0.1, 0.15) is 0 Å².